The Bertz CT molecular complexity index is 493. The Kier molecular flexibility index (Phi) is 2.37. The lowest BCUT2D eigenvalue weighted by atomic mass is 10.3. The molecule has 0 radical (unpaired) electrons. The number of alkyl halides is 1. The first-order valence-electron chi connectivity index (χ1n) is 4.00. The maximum Gasteiger partial charge on any atom is 0.144 e. The van der Waals surface area contributed by atoms with Crippen LogP contribution in [0.5, 0.6) is 0 Å². The molecule has 0 spiro atoms. The standard InChI is InChI=1S/C9H7Cl2FN2/c1-14-8-2-5(11)6(12)3-7(8)13-9(14)4-10/h2-3H,4H2,1H3. The van der Waals surface area contributed by atoms with Crippen molar-refractivity contribution in [3.8, 4) is 0 Å². The Balaban J connectivity index is 2.80. The molecule has 0 aliphatic carbocycles. The zero-order chi connectivity index (χ0) is 10.3. The van der Waals surface area contributed by atoms with E-state index in [2.05, 4.69) is 4.98 Å². The van der Waals surface area contributed by atoms with E-state index in [0.29, 0.717) is 17.2 Å². The predicted octanol–water partition coefficient (Wildman–Crippen LogP) is 3.10. The molecular weight excluding hydrogens is 226 g/mol. The summed E-state index contributed by atoms with van der Waals surface area (Å²) in [5, 5.41) is 0.0987. The number of hydrogen-bond donors (Lipinski definition) is 0. The van der Waals surface area contributed by atoms with E-state index >= 15 is 0 Å². The molecule has 0 unspecified atom stereocenters. The van der Waals surface area contributed by atoms with Crippen LogP contribution in [0.15, 0.2) is 12.1 Å². The third-order valence-electron chi connectivity index (χ3n) is 2.14. The summed E-state index contributed by atoms with van der Waals surface area (Å²) in [4.78, 5) is 4.17. The van der Waals surface area contributed by atoms with Crippen molar-refractivity contribution in [1.82, 2.24) is 9.55 Å². The van der Waals surface area contributed by atoms with Gasteiger partial charge in [0.05, 0.1) is 21.9 Å². The Hall–Kier alpha value is -0.800. The average Bonchev–Trinajstić information content (AvgIpc) is 2.45. The highest BCUT2D eigenvalue weighted by Crippen LogP contribution is 2.23. The van der Waals surface area contributed by atoms with Gasteiger partial charge in [0, 0.05) is 13.1 Å². The van der Waals surface area contributed by atoms with Crippen LogP contribution < -0.4 is 0 Å². The van der Waals surface area contributed by atoms with Crippen LogP contribution in [0.1, 0.15) is 5.82 Å². The number of halogens is 3. The van der Waals surface area contributed by atoms with Crippen LogP contribution in [0.25, 0.3) is 11.0 Å². The van der Waals surface area contributed by atoms with E-state index in [9.17, 15) is 4.39 Å². The van der Waals surface area contributed by atoms with Gasteiger partial charge in [0.15, 0.2) is 0 Å². The second kappa shape index (κ2) is 3.41. The monoisotopic (exact) mass is 232 g/mol. The molecule has 0 saturated carbocycles. The summed E-state index contributed by atoms with van der Waals surface area (Å²) in [6.07, 6.45) is 0. The maximum atomic E-state index is 13.1. The molecule has 1 aromatic carbocycles. The normalized spacial score (nSPS) is 11.1. The zero-order valence-electron chi connectivity index (χ0n) is 7.39. The fraction of sp³-hybridized carbons (Fsp3) is 0.222. The van der Waals surface area contributed by atoms with Gasteiger partial charge in [-0.05, 0) is 6.07 Å². The lowest BCUT2D eigenvalue weighted by molar-refractivity contribution is 0.630. The molecular formula is C9H7Cl2FN2. The van der Waals surface area contributed by atoms with Crippen molar-refractivity contribution in [2.75, 3.05) is 0 Å². The fourth-order valence-corrected chi connectivity index (χ4v) is 1.75. The number of imidazole rings is 1. The van der Waals surface area contributed by atoms with Crippen LogP contribution in [-0.4, -0.2) is 9.55 Å². The molecule has 0 saturated heterocycles. The van der Waals surface area contributed by atoms with Crippen molar-refractivity contribution in [3.05, 3.63) is 28.8 Å². The molecule has 0 aliphatic rings. The van der Waals surface area contributed by atoms with Gasteiger partial charge in [0.2, 0.25) is 0 Å². The molecule has 2 rings (SSSR count). The first-order valence-corrected chi connectivity index (χ1v) is 4.91. The van der Waals surface area contributed by atoms with Crippen LogP contribution in [0.4, 0.5) is 4.39 Å². The van der Waals surface area contributed by atoms with Gasteiger partial charge in [-0.2, -0.15) is 0 Å². The molecule has 0 amide bonds. The molecule has 5 heteroatoms. The molecule has 14 heavy (non-hydrogen) atoms. The zero-order valence-corrected chi connectivity index (χ0v) is 8.90. The highest BCUT2D eigenvalue weighted by molar-refractivity contribution is 6.31. The van der Waals surface area contributed by atoms with Gasteiger partial charge in [0.25, 0.3) is 0 Å². The van der Waals surface area contributed by atoms with E-state index in [1.807, 2.05) is 7.05 Å². The Morgan fingerprint density at radius 1 is 1.50 bits per heavy atom. The number of benzene rings is 1. The van der Waals surface area contributed by atoms with Crippen molar-refractivity contribution in [2.24, 2.45) is 7.05 Å². The van der Waals surface area contributed by atoms with Crippen molar-refractivity contribution < 1.29 is 4.39 Å². The molecule has 2 nitrogen and oxygen atoms in total. The molecule has 0 N–H and O–H groups in total. The first-order chi connectivity index (χ1) is 6.63. The third-order valence-corrected chi connectivity index (χ3v) is 2.66. The first kappa shape index (κ1) is 9.74. The molecule has 0 bridgehead atoms. The highest BCUT2D eigenvalue weighted by atomic mass is 35.5. The number of aryl methyl sites for hydroxylation is 1. The van der Waals surface area contributed by atoms with Gasteiger partial charge in [-0.25, -0.2) is 9.37 Å². The van der Waals surface area contributed by atoms with E-state index in [1.54, 1.807) is 10.6 Å². The summed E-state index contributed by atoms with van der Waals surface area (Å²) in [6.45, 7) is 0. The molecule has 0 aliphatic heterocycles. The van der Waals surface area contributed by atoms with Crippen LogP contribution in [-0.2, 0) is 12.9 Å². The van der Waals surface area contributed by atoms with Crippen LogP contribution in [0.3, 0.4) is 0 Å². The minimum atomic E-state index is -0.460. The van der Waals surface area contributed by atoms with E-state index in [-0.39, 0.29) is 5.02 Å². The molecule has 1 aromatic heterocycles. The predicted molar refractivity (Wildman–Crippen MR) is 55.2 cm³/mol. The van der Waals surface area contributed by atoms with Gasteiger partial charge in [-0.1, -0.05) is 11.6 Å². The minimum Gasteiger partial charge on any atom is -0.330 e. The van der Waals surface area contributed by atoms with Crippen molar-refractivity contribution >= 4 is 34.2 Å². The highest BCUT2D eigenvalue weighted by Gasteiger charge is 2.09. The molecule has 0 fully saturated rings. The van der Waals surface area contributed by atoms with Gasteiger partial charge < -0.3 is 4.57 Å². The third kappa shape index (κ3) is 1.37. The summed E-state index contributed by atoms with van der Waals surface area (Å²) in [7, 11) is 1.82. The fourth-order valence-electron chi connectivity index (χ4n) is 1.36. The Morgan fingerprint density at radius 3 is 2.86 bits per heavy atom. The van der Waals surface area contributed by atoms with Crippen molar-refractivity contribution in [3.63, 3.8) is 0 Å². The molecule has 1 heterocycles. The van der Waals surface area contributed by atoms with Crippen LogP contribution in [0.2, 0.25) is 5.02 Å². The summed E-state index contributed by atoms with van der Waals surface area (Å²) in [5.41, 5.74) is 1.36. The Labute approximate surface area is 90.3 Å². The number of rotatable bonds is 1. The van der Waals surface area contributed by atoms with E-state index in [1.165, 1.54) is 6.07 Å². The molecule has 74 valence electrons. The van der Waals surface area contributed by atoms with E-state index in [4.69, 9.17) is 23.2 Å². The maximum absolute atomic E-state index is 13.1. The second-order valence-corrected chi connectivity index (χ2v) is 3.65. The SMILES string of the molecule is Cn1c(CCl)nc2cc(F)c(Cl)cc21. The molecule has 0 atom stereocenters. The van der Waals surface area contributed by atoms with E-state index in [0.717, 1.165) is 5.52 Å². The Morgan fingerprint density at radius 2 is 2.21 bits per heavy atom. The summed E-state index contributed by atoms with van der Waals surface area (Å²) in [5.74, 6) is 0.534. The number of fused-ring (bicyclic) bond motifs is 1. The summed E-state index contributed by atoms with van der Waals surface area (Å²) >= 11 is 11.3. The largest absolute Gasteiger partial charge is 0.330 e. The smallest absolute Gasteiger partial charge is 0.144 e. The van der Waals surface area contributed by atoms with Crippen LogP contribution >= 0.6 is 23.2 Å². The van der Waals surface area contributed by atoms with Crippen molar-refractivity contribution in [1.29, 1.82) is 0 Å². The quantitative estimate of drug-likeness (QED) is 0.692. The van der Waals surface area contributed by atoms with Gasteiger partial charge in [-0.3, -0.25) is 0 Å². The summed E-state index contributed by atoms with van der Waals surface area (Å²) < 4.78 is 14.9. The van der Waals surface area contributed by atoms with Gasteiger partial charge in [0.1, 0.15) is 11.6 Å². The number of nitrogens with zero attached hydrogens (tertiary/aromatic N) is 2. The average molecular weight is 233 g/mol. The van der Waals surface area contributed by atoms with Gasteiger partial charge in [-0.15, -0.1) is 11.6 Å². The number of hydrogen-bond acceptors (Lipinski definition) is 1. The number of aromatic nitrogens is 2. The van der Waals surface area contributed by atoms with Crippen LogP contribution in [0, 0.1) is 5.82 Å². The van der Waals surface area contributed by atoms with Crippen molar-refractivity contribution in [2.45, 2.75) is 5.88 Å². The van der Waals surface area contributed by atoms with Gasteiger partial charge >= 0.3 is 0 Å². The minimum absolute atomic E-state index is 0.0987. The lowest BCUT2D eigenvalue weighted by Gasteiger charge is -1.98. The van der Waals surface area contributed by atoms with E-state index < -0.39 is 5.82 Å². The lowest BCUT2D eigenvalue weighted by Crippen LogP contribution is -1.93. The topological polar surface area (TPSA) is 17.8 Å². The second-order valence-electron chi connectivity index (χ2n) is 2.98. The summed E-state index contributed by atoms with van der Waals surface area (Å²) in [6, 6.07) is 2.86. The molecule has 2 aromatic rings.